The number of carbonyl (C=O) groups excluding carboxylic acids is 1. The van der Waals surface area contributed by atoms with Crippen LogP contribution in [0.25, 0.3) is 11.0 Å². The van der Waals surface area contributed by atoms with Gasteiger partial charge in [0.15, 0.2) is 5.78 Å². The molecule has 0 amide bonds. The zero-order valence-electron chi connectivity index (χ0n) is 18.5. The number of nitrogens with two attached hydrogens (primary N) is 1. The van der Waals surface area contributed by atoms with E-state index in [0.29, 0.717) is 27.7 Å². The first kappa shape index (κ1) is 24.0. The van der Waals surface area contributed by atoms with Crippen molar-refractivity contribution in [3.05, 3.63) is 75.7 Å². The fraction of sp³-hybridized carbons (Fsp3) is 0.174. The standard InChI is InChI=1S/C23H21Cl2N5O3S/c1-12(2)30-10-18(20-22(26)27-11-28-23(20)30)21(31)17-5-4-6-19(13(17)3)29-34(32,33)16-8-14(24)7-15(25)9-16/h4-12,29H,1-3H3,(H2,26,27,28). The zero-order valence-corrected chi connectivity index (χ0v) is 20.8. The number of rotatable bonds is 6. The highest BCUT2D eigenvalue weighted by molar-refractivity contribution is 7.92. The summed E-state index contributed by atoms with van der Waals surface area (Å²) in [5.74, 6) is -0.129. The summed E-state index contributed by atoms with van der Waals surface area (Å²) in [4.78, 5) is 21.9. The third kappa shape index (κ3) is 4.34. The fourth-order valence-corrected chi connectivity index (χ4v) is 5.55. The van der Waals surface area contributed by atoms with Crippen LogP contribution in [0.3, 0.4) is 0 Å². The summed E-state index contributed by atoms with van der Waals surface area (Å²) in [6, 6.07) is 8.87. The number of hydrogen-bond donors (Lipinski definition) is 2. The first-order chi connectivity index (χ1) is 16.0. The van der Waals surface area contributed by atoms with Crippen molar-refractivity contribution in [2.24, 2.45) is 0 Å². The Kier molecular flexibility index (Phi) is 6.28. The molecule has 0 aliphatic rings. The van der Waals surface area contributed by atoms with Crippen molar-refractivity contribution in [1.29, 1.82) is 0 Å². The van der Waals surface area contributed by atoms with Gasteiger partial charge in [-0.3, -0.25) is 9.52 Å². The Labute approximate surface area is 206 Å². The highest BCUT2D eigenvalue weighted by atomic mass is 35.5. The van der Waals surface area contributed by atoms with Gasteiger partial charge in [0.05, 0.1) is 21.5 Å². The molecule has 0 bridgehead atoms. The van der Waals surface area contributed by atoms with E-state index in [-0.39, 0.29) is 38.3 Å². The Balaban J connectivity index is 1.78. The maximum atomic E-state index is 13.6. The predicted molar refractivity (Wildman–Crippen MR) is 134 cm³/mol. The number of halogens is 2. The van der Waals surface area contributed by atoms with Gasteiger partial charge in [-0.25, -0.2) is 18.4 Å². The quantitative estimate of drug-likeness (QED) is 0.337. The van der Waals surface area contributed by atoms with Crippen LogP contribution in [0.1, 0.15) is 41.4 Å². The first-order valence-electron chi connectivity index (χ1n) is 10.2. The van der Waals surface area contributed by atoms with Crippen LogP contribution in [-0.4, -0.2) is 28.7 Å². The Bertz CT molecular complexity index is 1530. The molecule has 4 aromatic rings. The van der Waals surface area contributed by atoms with E-state index in [1.165, 1.54) is 24.5 Å². The lowest BCUT2D eigenvalue weighted by Crippen LogP contribution is -2.15. The molecular formula is C23H21Cl2N5O3S. The maximum Gasteiger partial charge on any atom is 0.262 e. The first-order valence-corrected chi connectivity index (χ1v) is 12.5. The minimum Gasteiger partial charge on any atom is -0.383 e. The van der Waals surface area contributed by atoms with E-state index < -0.39 is 10.0 Å². The van der Waals surface area contributed by atoms with Gasteiger partial charge in [0.2, 0.25) is 0 Å². The van der Waals surface area contributed by atoms with Crippen molar-refractivity contribution in [2.75, 3.05) is 10.5 Å². The summed E-state index contributed by atoms with van der Waals surface area (Å²) in [7, 11) is -4.01. The summed E-state index contributed by atoms with van der Waals surface area (Å²) in [6.07, 6.45) is 3.06. The molecule has 0 fully saturated rings. The molecule has 2 heterocycles. The lowest BCUT2D eigenvalue weighted by atomic mass is 9.98. The van der Waals surface area contributed by atoms with Crippen molar-refractivity contribution in [1.82, 2.24) is 14.5 Å². The summed E-state index contributed by atoms with van der Waals surface area (Å²) < 4.78 is 30.3. The van der Waals surface area contributed by atoms with Crippen LogP contribution in [0.4, 0.5) is 11.5 Å². The van der Waals surface area contributed by atoms with E-state index in [1.54, 1.807) is 31.3 Å². The molecule has 4 rings (SSSR count). The molecule has 0 saturated carbocycles. The average molecular weight is 518 g/mol. The van der Waals surface area contributed by atoms with Gasteiger partial charge in [0.25, 0.3) is 10.0 Å². The summed E-state index contributed by atoms with van der Waals surface area (Å²) in [5, 5.41) is 0.838. The number of nitrogens with one attached hydrogen (secondary N) is 1. The second-order valence-electron chi connectivity index (χ2n) is 8.02. The topological polar surface area (TPSA) is 120 Å². The minimum atomic E-state index is -4.01. The van der Waals surface area contributed by atoms with Gasteiger partial charge in [0.1, 0.15) is 17.8 Å². The van der Waals surface area contributed by atoms with E-state index in [0.717, 1.165) is 0 Å². The van der Waals surface area contributed by atoms with E-state index in [2.05, 4.69) is 14.7 Å². The van der Waals surface area contributed by atoms with Crippen molar-refractivity contribution in [3.8, 4) is 0 Å². The van der Waals surface area contributed by atoms with E-state index >= 15 is 0 Å². The molecule has 11 heteroatoms. The number of nitrogen functional groups attached to an aromatic ring is 1. The van der Waals surface area contributed by atoms with Gasteiger partial charge >= 0.3 is 0 Å². The van der Waals surface area contributed by atoms with Crippen molar-refractivity contribution in [2.45, 2.75) is 31.7 Å². The normalized spacial score (nSPS) is 11.8. The Morgan fingerprint density at radius 1 is 1.09 bits per heavy atom. The summed E-state index contributed by atoms with van der Waals surface area (Å²) >= 11 is 11.9. The monoisotopic (exact) mass is 517 g/mol. The summed E-state index contributed by atoms with van der Waals surface area (Å²) in [5.41, 5.74) is 8.00. The number of fused-ring (bicyclic) bond motifs is 1. The number of sulfonamides is 1. The van der Waals surface area contributed by atoms with Gasteiger partial charge < -0.3 is 10.3 Å². The molecule has 8 nitrogen and oxygen atoms in total. The van der Waals surface area contributed by atoms with Crippen LogP contribution in [0.2, 0.25) is 10.0 Å². The largest absolute Gasteiger partial charge is 0.383 e. The zero-order chi connectivity index (χ0) is 24.8. The van der Waals surface area contributed by atoms with E-state index in [9.17, 15) is 13.2 Å². The molecular weight excluding hydrogens is 497 g/mol. The summed E-state index contributed by atoms with van der Waals surface area (Å²) in [6.45, 7) is 5.60. The third-order valence-corrected chi connectivity index (χ3v) is 7.19. The average Bonchev–Trinajstić information content (AvgIpc) is 3.15. The lowest BCUT2D eigenvalue weighted by molar-refractivity contribution is 0.103. The highest BCUT2D eigenvalue weighted by Gasteiger charge is 2.24. The number of anilines is 2. The second-order valence-corrected chi connectivity index (χ2v) is 10.6. The van der Waals surface area contributed by atoms with E-state index in [1.807, 2.05) is 18.4 Å². The fourth-order valence-electron chi connectivity index (χ4n) is 3.70. The number of ketones is 1. The number of benzene rings is 2. The van der Waals surface area contributed by atoms with Gasteiger partial charge in [-0.1, -0.05) is 35.3 Å². The Hall–Kier alpha value is -3.14. The van der Waals surface area contributed by atoms with Crippen molar-refractivity contribution < 1.29 is 13.2 Å². The molecule has 2 aromatic carbocycles. The van der Waals surface area contributed by atoms with Crippen LogP contribution in [-0.2, 0) is 10.0 Å². The molecule has 34 heavy (non-hydrogen) atoms. The molecule has 2 aromatic heterocycles. The Morgan fingerprint density at radius 3 is 2.41 bits per heavy atom. The highest BCUT2D eigenvalue weighted by Crippen LogP contribution is 2.31. The maximum absolute atomic E-state index is 13.6. The number of aromatic nitrogens is 3. The van der Waals surface area contributed by atoms with Crippen molar-refractivity contribution in [3.63, 3.8) is 0 Å². The molecule has 0 aliphatic heterocycles. The van der Waals surface area contributed by atoms with Crippen LogP contribution >= 0.6 is 23.2 Å². The molecule has 3 N–H and O–H groups in total. The number of carbonyl (C=O) groups is 1. The Morgan fingerprint density at radius 2 is 1.76 bits per heavy atom. The van der Waals surface area contributed by atoms with Gasteiger partial charge in [-0.05, 0) is 50.6 Å². The smallest absolute Gasteiger partial charge is 0.262 e. The van der Waals surface area contributed by atoms with Gasteiger partial charge in [-0.15, -0.1) is 0 Å². The molecule has 0 radical (unpaired) electrons. The number of hydrogen-bond acceptors (Lipinski definition) is 6. The van der Waals surface area contributed by atoms with Crippen LogP contribution in [0, 0.1) is 6.92 Å². The lowest BCUT2D eigenvalue weighted by Gasteiger charge is -2.14. The van der Waals surface area contributed by atoms with Gasteiger partial charge in [0, 0.05) is 27.8 Å². The van der Waals surface area contributed by atoms with Gasteiger partial charge in [-0.2, -0.15) is 0 Å². The molecule has 0 atom stereocenters. The van der Waals surface area contributed by atoms with Crippen molar-refractivity contribution >= 4 is 61.5 Å². The molecule has 176 valence electrons. The minimum absolute atomic E-state index is 0.0297. The molecule has 0 aliphatic carbocycles. The molecule has 0 spiro atoms. The molecule has 0 saturated heterocycles. The second kappa shape index (κ2) is 8.90. The number of nitrogens with zero attached hydrogens (tertiary/aromatic N) is 3. The van der Waals surface area contributed by atoms with Crippen LogP contribution < -0.4 is 10.5 Å². The van der Waals surface area contributed by atoms with Crippen LogP contribution in [0.15, 0.2) is 53.8 Å². The van der Waals surface area contributed by atoms with Crippen LogP contribution in [0.5, 0.6) is 0 Å². The van der Waals surface area contributed by atoms with E-state index in [4.69, 9.17) is 28.9 Å². The SMILES string of the molecule is Cc1c(NS(=O)(=O)c2cc(Cl)cc(Cl)c2)cccc1C(=O)c1cn(C(C)C)c2ncnc(N)c12. The predicted octanol–water partition coefficient (Wildman–Crippen LogP) is 5.24. The third-order valence-electron chi connectivity index (χ3n) is 5.41. The molecule has 0 unspecified atom stereocenters.